The van der Waals surface area contributed by atoms with Crippen LogP contribution in [0.2, 0.25) is 0 Å². The summed E-state index contributed by atoms with van der Waals surface area (Å²) in [6, 6.07) is 4.57. The Morgan fingerprint density at radius 1 is 1.54 bits per heavy atom. The summed E-state index contributed by atoms with van der Waals surface area (Å²) in [5.74, 6) is 0.444. The summed E-state index contributed by atoms with van der Waals surface area (Å²) >= 11 is -1.74. The molecule has 0 bridgehead atoms. The second-order valence-corrected chi connectivity index (χ2v) is 3.59. The fourth-order valence-electron chi connectivity index (χ4n) is 0.913. The lowest BCUT2D eigenvalue weighted by atomic mass is 10.2. The van der Waals surface area contributed by atoms with Crippen molar-refractivity contribution >= 4 is 23.4 Å². The highest BCUT2D eigenvalue weighted by atomic mass is 32.2. The van der Waals surface area contributed by atoms with Crippen molar-refractivity contribution < 1.29 is 17.5 Å². The molecule has 0 heterocycles. The minimum atomic E-state index is -1.98. The highest BCUT2D eigenvalue weighted by Gasteiger charge is 2.05. The van der Waals surface area contributed by atoms with Crippen LogP contribution in [0.5, 0.6) is 5.75 Å². The Kier molecular flexibility index (Phi) is 3.73. The van der Waals surface area contributed by atoms with Gasteiger partial charge in [0.2, 0.25) is 12.3 Å². The van der Waals surface area contributed by atoms with E-state index in [2.05, 4.69) is 0 Å². The van der Waals surface area contributed by atoms with E-state index in [0.29, 0.717) is 16.2 Å². The second-order valence-electron chi connectivity index (χ2n) is 2.33. The summed E-state index contributed by atoms with van der Waals surface area (Å²) in [5, 5.41) is 0. The SMILES string of the molecule is Cc1cc(OSO)ccc1S(=O)O. The Hall–Kier alpha value is -0.560. The molecule has 0 saturated heterocycles. The van der Waals surface area contributed by atoms with E-state index in [1.165, 1.54) is 12.1 Å². The van der Waals surface area contributed by atoms with Gasteiger partial charge in [-0.25, -0.2) is 4.21 Å². The molecule has 72 valence electrons. The molecule has 0 radical (unpaired) electrons. The van der Waals surface area contributed by atoms with Gasteiger partial charge in [-0.15, -0.1) is 0 Å². The van der Waals surface area contributed by atoms with Crippen molar-refractivity contribution in [2.75, 3.05) is 0 Å². The third-order valence-electron chi connectivity index (χ3n) is 1.47. The predicted molar refractivity (Wildman–Crippen MR) is 51.1 cm³/mol. The molecule has 1 atom stereocenters. The van der Waals surface area contributed by atoms with Gasteiger partial charge < -0.3 is 8.74 Å². The molecule has 0 saturated carbocycles. The Labute approximate surface area is 82.6 Å². The largest absolute Gasteiger partial charge is 0.401 e. The quantitative estimate of drug-likeness (QED) is 0.603. The molecule has 4 nitrogen and oxygen atoms in total. The fraction of sp³-hybridized carbons (Fsp3) is 0.143. The van der Waals surface area contributed by atoms with E-state index in [9.17, 15) is 4.21 Å². The maximum Gasteiger partial charge on any atom is 0.222 e. The standard InChI is InChI=1S/C7H8O4S2/c1-5-4-6(11-12-8)2-3-7(5)13(9)10/h2-4,8H,1H3,(H,9,10). The first-order valence-corrected chi connectivity index (χ1v) is 5.15. The lowest BCUT2D eigenvalue weighted by Gasteiger charge is -2.03. The monoisotopic (exact) mass is 220 g/mol. The summed E-state index contributed by atoms with van der Waals surface area (Å²) in [4.78, 5) is 0.343. The number of hydrogen-bond acceptors (Lipinski definition) is 4. The van der Waals surface area contributed by atoms with Gasteiger partial charge in [0.25, 0.3) is 0 Å². The average Bonchev–Trinajstić information content (AvgIpc) is 2.04. The van der Waals surface area contributed by atoms with Crippen LogP contribution in [0.15, 0.2) is 23.1 Å². The van der Waals surface area contributed by atoms with E-state index in [4.69, 9.17) is 13.3 Å². The fourth-order valence-corrected chi connectivity index (χ4v) is 1.62. The van der Waals surface area contributed by atoms with Gasteiger partial charge in [0.1, 0.15) is 5.75 Å². The molecule has 1 aromatic rings. The molecule has 0 aliphatic heterocycles. The van der Waals surface area contributed by atoms with Crippen molar-refractivity contribution in [1.29, 1.82) is 0 Å². The normalized spacial score (nSPS) is 12.5. The Balaban J connectivity index is 2.98. The van der Waals surface area contributed by atoms with Gasteiger partial charge in [0.15, 0.2) is 11.1 Å². The minimum absolute atomic E-state index is 0.239. The molecule has 1 unspecified atom stereocenters. The van der Waals surface area contributed by atoms with Crippen LogP contribution in [0.3, 0.4) is 0 Å². The Bertz CT molecular complexity index is 326. The van der Waals surface area contributed by atoms with Crippen molar-refractivity contribution in [3.8, 4) is 5.75 Å². The summed E-state index contributed by atoms with van der Waals surface area (Å²) in [6.45, 7) is 1.69. The average molecular weight is 220 g/mol. The molecule has 6 heteroatoms. The minimum Gasteiger partial charge on any atom is -0.401 e. The lowest BCUT2D eigenvalue weighted by Crippen LogP contribution is -1.92. The van der Waals surface area contributed by atoms with Crippen LogP contribution in [0, 0.1) is 6.92 Å². The molecule has 0 fully saturated rings. The lowest BCUT2D eigenvalue weighted by molar-refractivity contribution is 0.540. The summed E-state index contributed by atoms with van der Waals surface area (Å²) in [5.41, 5.74) is 0.646. The zero-order chi connectivity index (χ0) is 9.84. The van der Waals surface area contributed by atoms with Crippen LogP contribution in [-0.2, 0) is 11.1 Å². The van der Waals surface area contributed by atoms with E-state index in [1.807, 2.05) is 0 Å². The van der Waals surface area contributed by atoms with Crippen LogP contribution in [-0.4, -0.2) is 13.3 Å². The predicted octanol–water partition coefficient (Wildman–Crippen LogP) is 2.08. The molecule has 1 aromatic carbocycles. The molecule has 0 spiro atoms. The van der Waals surface area contributed by atoms with Crippen LogP contribution in [0.25, 0.3) is 0 Å². The molecule has 2 N–H and O–H groups in total. The summed E-state index contributed by atoms with van der Waals surface area (Å²) in [6.07, 6.45) is 0. The van der Waals surface area contributed by atoms with Gasteiger partial charge in [0, 0.05) is 0 Å². The molecule has 0 aliphatic rings. The van der Waals surface area contributed by atoms with Gasteiger partial charge in [-0.2, -0.15) is 0 Å². The Morgan fingerprint density at radius 3 is 2.69 bits per heavy atom. The van der Waals surface area contributed by atoms with Gasteiger partial charge in [-0.1, -0.05) is 0 Å². The maximum atomic E-state index is 10.7. The van der Waals surface area contributed by atoms with Crippen molar-refractivity contribution in [2.45, 2.75) is 11.8 Å². The second kappa shape index (κ2) is 4.61. The van der Waals surface area contributed by atoms with Gasteiger partial charge in [0.05, 0.1) is 4.90 Å². The van der Waals surface area contributed by atoms with Gasteiger partial charge in [-0.05, 0) is 30.7 Å². The van der Waals surface area contributed by atoms with Gasteiger partial charge in [-0.3, -0.25) is 4.55 Å². The van der Waals surface area contributed by atoms with Crippen LogP contribution >= 0.6 is 12.3 Å². The van der Waals surface area contributed by atoms with Crippen molar-refractivity contribution in [3.63, 3.8) is 0 Å². The number of aryl methyl sites for hydroxylation is 1. The topological polar surface area (TPSA) is 66.8 Å². The van der Waals surface area contributed by atoms with E-state index >= 15 is 0 Å². The first-order valence-electron chi connectivity index (χ1n) is 3.34. The number of hydrogen-bond donors (Lipinski definition) is 2. The van der Waals surface area contributed by atoms with E-state index in [-0.39, 0.29) is 12.3 Å². The third-order valence-corrected chi connectivity index (χ3v) is 2.57. The number of benzene rings is 1. The van der Waals surface area contributed by atoms with E-state index in [0.717, 1.165) is 0 Å². The highest BCUT2D eigenvalue weighted by Crippen LogP contribution is 2.21. The van der Waals surface area contributed by atoms with Crippen molar-refractivity contribution in [1.82, 2.24) is 0 Å². The third kappa shape index (κ3) is 2.70. The molecule has 0 amide bonds. The zero-order valence-electron chi connectivity index (χ0n) is 6.76. The molecular formula is C7H8O4S2. The van der Waals surface area contributed by atoms with E-state index in [1.54, 1.807) is 13.0 Å². The van der Waals surface area contributed by atoms with Crippen LogP contribution in [0.1, 0.15) is 5.56 Å². The van der Waals surface area contributed by atoms with Gasteiger partial charge >= 0.3 is 0 Å². The Morgan fingerprint density at radius 2 is 2.23 bits per heavy atom. The summed E-state index contributed by atoms with van der Waals surface area (Å²) in [7, 11) is 0. The van der Waals surface area contributed by atoms with Crippen molar-refractivity contribution in [2.24, 2.45) is 0 Å². The first kappa shape index (κ1) is 10.5. The molecular weight excluding hydrogens is 212 g/mol. The van der Waals surface area contributed by atoms with E-state index < -0.39 is 11.1 Å². The molecule has 13 heavy (non-hydrogen) atoms. The first-order chi connectivity index (χ1) is 6.15. The molecule has 1 rings (SSSR count). The summed E-state index contributed by atoms with van der Waals surface area (Å²) < 4.78 is 32.6. The highest BCUT2D eigenvalue weighted by molar-refractivity contribution is 7.89. The number of rotatable bonds is 3. The molecule has 0 aromatic heterocycles. The molecule has 0 aliphatic carbocycles. The maximum absolute atomic E-state index is 10.7. The van der Waals surface area contributed by atoms with Crippen LogP contribution in [0.4, 0.5) is 0 Å². The smallest absolute Gasteiger partial charge is 0.222 e. The van der Waals surface area contributed by atoms with Crippen molar-refractivity contribution in [3.05, 3.63) is 23.8 Å². The van der Waals surface area contributed by atoms with Crippen LogP contribution < -0.4 is 4.18 Å². The zero-order valence-corrected chi connectivity index (χ0v) is 8.39.